The average Bonchev–Trinajstić information content (AvgIpc) is 2.39. The molecule has 18 heavy (non-hydrogen) atoms. The molecule has 1 aromatic rings. The van der Waals surface area contributed by atoms with Crippen LogP contribution < -0.4 is 0 Å². The molecule has 0 spiro atoms. The zero-order valence-corrected chi connectivity index (χ0v) is 10.8. The minimum atomic E-state index is -3.40. The SMILES string of the molecule is O=S(=O)(Cc1ccccc1)N1CCOCC1CO. The molecule has 1 aromatic carbocycles. The van der Waals surface area contributed by atoms with Gasteiger partial charge in [0.25, 0.3) is 0 Å². The number of morpholine rings is 1. The molecule has 0 aromatic heterocycles. The Balaban J connectivity index is 2.14. The Kier molecular flexibility index (Phi) is 4.34. The van der Waals surface area contributed by atoms with Gasteiger partial charge in [-0.05, 0) is 5.56 Å². The summed E-state index contributed by atoms with van der Waals surface area (Å²) in [6, 6.07) is 8.58. The molecule has 0 radical (unpaired) electrons. The van der Waals surface area contributed by atoms with E-state index in [4.69, 9.17) is 4.74 Å². The molecule has 100 valence electrons. The molecular weight excluding hydrogens is 254 g/mol. The van der Waals surface area contributed by atoms with Crippen LogP contribution in [-0.4, -0.2) is 50.2 Å². The van der Waals surface area contributed by atoms with Crippen LogP contribution in [0.1, 0.15) is 5.56 Å². The summed E-state index contributed by atoms with van der Waals surface area (Å²) in [6.07, 6.45) is 0. The lowest BCUT2D eigenvalue weighted by Crippen LogP contribution is -2.50. The first-order valence-corrected chi connectivity index (χ1v) is 7.46. The third-order valence-electron chi connectivity index (χ3n) is 2.93. The Labute approximate surface area is 107 Å². The number of aliphatic hydroxyl groups is 1. The molecule has 1 fully saturated rings. The zero-order valence-electron chi connectivity index (χ0n) is 10.0. The largest absolute Gasteiger partial charge is 0.395 e. The van der Waals surface area contributed by atoms with Crippen molar-refractivity contribution in [1.29, 1.82) is 0 Å². The van der Waals surface area contributed by atoms with Gasteiger partial charge in [0.1, 0.15) is 0 Å². The van der Waals surface area contributed by atoms with Gasteiger partial charge in [-0.25, -0.2) is 8.42 Å². The van der Waals surface area contributed by atoms with Gasteiger partial charge in [0.2, 0.25) is 10.0 Å². The van der Waals surface area contributed by atoms with Crippen LogP contribution in [0.5, 0.6) is 0 Å². The van der Waals surface area contributed by atoms with Crippen LogP contribution in [0.2, 0.25) is 0 Å². The lowest BCUT2D eigenvalue weighted by Gasteiger charge is -2.33. The summed E-state index contributed by atoms with van der Waals surface area (Å²) >= 11 is 0. The van der Waals surface area contributed by atoms with Gasteiger partial charge in [-0.3, -0.25) is 0 Å². The number of nitrogens with zero attached hydrogens (tertiary/aromatic N) is 1. The van der Waals surface area contributed by atoms with E-state index in [0.29, 0.717) is 13.2 Å². The molecule has 0 amide bonds. The van der Waals surface area contributed by atoms with Crippen molar-refractivity contribution in [3.63, 3.8) is 0 Å². The smallest absolute Gasteiger partial charge is 0.218 e. The number of hydrogen-bond donors (Lipinski definition) is 1. The molecule has 6 heteroatoms. The van der Waals surface area contributed by atoms with E-state index in [2.05, 4.69) is 0 Å². The minimum absolute atomic E-state index is 0.0374. The van der Waals surface area contributed by atoms with Crippen LogP contribution in [0, 0.1) is 0 Å². The van der Waals surface area contributed by atoms with Gasteiger partial charge >= 0.3 is 0 Å². The van der Waals surface area contributed by atoms with Gasteiger partial charge in [-0.1, -0.05) is 30.3 Å². The van der Waals surface area contributed by atoms with Crippen molar-refractivity contribution >= 4 is 10.0 Å². The number of aliphatic hydroxyl groups excluding tert-OH is 1. The molecule has 1 aliphatic rings. The van der Waals surface area contributed by atoms with Crippen molar-refractivity contribution < 1.29 is 18.3 Å². The highest BCUT2D eigenvalue weighted by molar-refractivity contribution is 7.88. The Morgan fingerprint density at radius 3 is 2.72 bits per heavy atom. The van der Waals surface area contributed by atoms with Gasteiger partial charge in [0, 0.05) is 6.54 Å². The van der Waals surface area contributed by atoms with Crippen molar-refractivity contribution in [3.05, 3.63) is 35.9 Å². The van der Waals surface area contributed by atoms with Crippen LogP contribution in [-0.2, 0) is 20.5 Å². The van der Waals surface area contributed by atoms with Gasteiger partial charge in [0.15, 0.2) is 0 Å². The van der Waals surface area contributed by atoms with Gasteiger partial charge in [0.05, 0.1) is 31.6 Å². The third kappa shape index (κ3) is 3.08. The van der Waals surface area contributed by atoms with Crippen LogP contribution in [0.15, 0.2) is 30.3 Å². The summed E-state index contributed by atoms with van der Waals surface area (Å²) in [5, 5.41) is 9.20. The molecule has 2 rings (SSSR count). The van der Waals surface area contributed by atoms with Crippen LogP contribution >= 0.6 is 0 Å². The minimum Gasteiger partial charge on any atom is -0.395 e. The number of benzene rings is 1. The first-order valence-electron chi connectivity index (χ1n) is 5.85. The number of ether oxygens (including phenoxy) is 1. The molecular formula is C12H17NO4S. The molecule has 0 bridgehead atoms. The average molecular weight is 271 g/mol. The van der Waals surface area contributed by atoms with Crippen molar-refractivity contribution in [2.24, 2.45) is 0 Å². The standard InChI is InChI=1S/C12H17NO4S/c14-8-12-9-17-7-6-13(12)18(15,16)10-11-4-2-1-3-5-11/h1-5,12,14H,6-10H2. The quantitative estimate of drug-likeness (QED) is 0.850. The van der Waals surface area contributed by atoms with Crippen LogP contribution in [0.25, 0.3) is 0 Å². The summed E-state index contributed by atoms with van der Waals surface area (Å²) < 4.78 is 31.1. The predicted molar refractivity (Wildman–Crippen MR) is 67.5 cm³/mol. The fourth-order valence-corrected chi connectivity index (χ4v) is 3.73. The van der Waals surface area contributed by atoms with Crippen molar-refractivity contribution in [1.82, 2.24) is 4.31 Å². The lowest BCUT2D eigenvalue weighted by molar-refractivity contribution is 0.0108. The third-order valence-corrected chi connectivity index (χ3v) is 4.83. The molecule has 0 aliphatic carbocycles. The Bertz CT molecular complexity index is 474. The predicted octanol–water partition coefficient (Wildman–Crippen LogP) is 0.210. The summed E-state index contributed by atoms with van der Waals surface area (Å²) in [4.78, 5) is 0. The van der Waals surface area contributed by atoms with Gasteiger partial charge in [-0.15, -0.1) is 0 Å². The fourth-order valence-electron chi connectivity index (χ4n) is 2.02. The highest BCUT2D eigenvalue weighted by atomic mass is 32.2. The van der Waals surface area contributed by atoms with E-state index in [9.17, 15) is 13.5 Å². The normalized spacial score (nSPS) is 21.9. The first kappa shape index (κ1) is 13.5. The van der Waals surface area contributed by atoms with E-state index in [1.807, 2.05) is 18.2 Å². The van der Waals surface area contributed by atoms with E-state index in [1.165, 1.54) is 4.31 Å². The second-order valence-electron chi connectivity index (χ2n) is 4.26. The second-order valence-corrected chi connectivity index (χ2v) is 6.19. The Morgan fingerprint density at radius 2 is 2.06 bits per heavy atom. The topological polar surface area (TPSA) is 66.8 Å². The zero-order chi connectivity index (χ0) is 13.0. The highest BCUT2D eigenvalue weighted by Gasteiger charge is 2.32. The van der Waals surface area contributed by atoms with E-state index in [-0.39, 0.29) is 19.0 Å². The van der Waals surface area contributed by atoms with Crippen LogP contribution in [0.4, 0.5) is 0 Å². The summed E-state index contributed by atoms with van der Waals surface area (Å²) in [5.41, 5.74) is 0.751. The molecule has 1 aliphatic heterocycles. The maximum absolute atomic E-state index is 12.3. The molecule has 1 heterocycles. The molecule has 1 N–H and O–H groups in total. The molecule has 1 saturated heterocycles. The first-order chi connectivity index (χ1) is 8.63. The summed E-state index contributed by atoms with van der Waals surface area (Å²) in [6.45, 7) is 0.726. The van der Waals surface area contributed by atoms with E-state index < -0.39 is 16.1 Å². The van der Waals surface area contributed by atoms with E-state index in [1.54, 1.807) is 12.1 Å². The van der Waals surface area contributed by atoms with Crippen LogP contribution in [0.3, 0.4) is 0 Å². The molecule has 5 nitrogen and oxygen atoms in total. The highest BCUT2D eigenvalue weighted by Crippen LogP contribution is 2.16. The molecule has 0 saturated carbocycles. The number of rotatable bonds is 4. The second kappa shape index (κ2) is 5.79. The lowest BCUT2D eigenvalue weighted by atomic mass is 10.2. The molecule has 1 atom stereocenters. The summed E-state index contributed by atoms with van der Waals surface area (Å²) in [7, 11) is -3.40. The van der Waals surface area contributed by atoms with Crippen molar-refractivity contribution in [2.75, 3.05) is 26.4 Å². The van der Waals surface area contributed by atoms with Crippen molar-refractivity contribution in [3.8, 4) is 0 Å². The summed E-state index contributed by atoms with van der Waals surface area (Å²) in [5.74, 6) is -0.0374. The Morgan fingerprint density at radius 1 is 1.33 bits per heavy atom. The van der Waals surface area contributed by atoms with Gasteiger partial charge < -0.3 is 9.84 Å². The van der Waals surface area contributed by atoms with Gasteiger partial charge in [-0.2, -0.15) is 4.31 Å². The van der Waals surface area contributed by atoms with Crippen molar-refractivity contribution in [2.45, 2.75) is 11.8 Å². The fraction of sp³-hybridized carbons (Fsp3) is 0.500. The van der Waals surface area contributed by atoms with E-state index >= 15 is 0 Å². The monoisotopic (exact) mass is 271 g/mol. The van der Waals surface area contributed by atoms with E-state index in [0.717, 1.165) is 5.56 Å². The molecule has 1 unspecified atom stereocenters. The maximum Gasteiger partial charge on any atom is 0.218 e. The number of sulfonamides is 1. The maximum atomic E-state index is 12.3. The Hall–Kier alpha value is -0.950. The number of hydrogen-bond acceptors (Lipinski definition) is 4.